The second kappa shape index (κ2) is 5.19. The lowest BCUT2D eigenvalue weighted by atomic mass is 10.2. The molecule has 0 bridgehead atoms. The molecule has 0 fully saturated rings. The molecule has 2 aromatic rings. The van der Waals surface area contributed by atoms with Gasteiger partial charge in [0.2, 0.25) is 0 Å². The van der Waals surface area contributed by atoms with E-state index in [1.807, 2.05) is 31.2 Å². The molecule has 0 aliphatic rings. The fourth-order valence-corrected chi connectivity index (χ4v) is 1.76. The number of ether oxygens (including phenoxy) is 1. The molecule has 0 spiro atoms. The van der Waals surface area contributed by atoms with Crippen molar-refractivity contribution in [1.29, 1.82) is 0 Å². The maximum atomic E-state index is 13.5. The van der Waals surface area contributed by atoms with E-state index in [9.17, 15) is 4.39 Å². The second-order valence-corrected chi connectivity index (χ2v) is 4.03. The van der Waals surface area contributed by atoms with E-state index < -0.39 is 0 Å². The van der Waals surface area contributed by atoms with Crippen LogP contribution in [0.4, 0.5) is 4.39 Å². The molecule has 0 aliphatic heterocycles. The summed E-state index contributed by atoms with van der Waals surface area (Å²) in [5.74, 6) is 0.884. The monoisotopic (exact) mass is 250 g/mol. The van der Waals surface area contributed by atoms with E-state index in [4.69, 9.17) is 16.3 Å². The molecule has 0 heterocycles. The van der Waals surface area contributed by atoms with Gasteiger partial charge in [-0.1, -0.05) is 23.8 Å². The largest absolute Gasteiger partial charge is 0.457 e. The zero-order valence-electron chi connectivity index (χ0n) is 9.41. The first-order valence-corrected chi connectivity index (χ1v) is 5.82. The smallest absolute Gasteiger partial charge is 0.134 e. The van der Waals surface area contributed by atoms with E-state index in [0.29, 0.717) is 17.1 Å². The molecule has 88 valence electrons. The molecule has 0 amide bonds. The summed E-state index contributed by atoms with van der Waals surface area (Å²) in [5, 5.41) is 0. The Morgan fingerprint density at radius 2 is 1.82 bits per heavy atom. The Morgan fingerprint density at radius 3 is 2.47 bits per heavy atom. The summed E-state index contributed by atoms with van der Waals surface area (Å²) in [6.45, 7) is 2.00. The Hall–Kier alpha value is -1.54. The third-order valence-corrected chi connectivity index (χ3v) is 2.73. The molecule has 17 heavy (non-hydrogen) atoms. The summed E-state index contributed by atoms with van der Waals surface area (Å²) in [5.41, 5.74) is 1.53. The highest BCUT2D eigenvalue weighted by atomic mass is 35.5. The standard InChI is InChI=1S/C14H12ClFO/c1-10-5-7-11(8-6-10)17-14-4-2-3-13(16)12(14)9-15/h2-8H,9H2,1H3. The summed E-state index contributed by atoms with van der Waals surface area (Å²) in [6, 6.07) is 12.3. The number of alkyl halides is 1. The van der Waals surface area contributed by atoms with Crippen molar-refractivity contribution in [2.75, 3.05) is 0 Å². The van der Waals surface area contributed by atoms with E-state index in [-0.39, 0.29) is 11.7 Å². The number of benzene rings is 2. The Morgan fingerprint density at radius 1 is 1.12 bits per heavy atom. The van der Waals surface area contributed by atoms with Crippen LogP contribution in [0.25, 0.3) is 0 Å². The number of hydrogen-bond acceptors (Lipinski definition) is 1. The topological polar surface area (TPSA) is 9.23 Å². The van der Waals surface area contributed by atoms with Gasteiger partial charge in [0, 0.05) is 5.56 Å². The molecule has 2 rings (SSSR count). The van der Waals surface area contributed by atoms with Crippen molar-refractivity contribution in [3.8, 4) is 11.5 Å². The van der Waals surface area contributed by atoms with Crippen LogP contribution in [0.15, 0.2) is 42.5 Å². The normalized spacial score (nSPS) is 10.3. The van der Waals surface area contributed by atoms with Crippen LogP contribution in [0.3, 0.4) is 0 Å². The van der Waals surface area contributed by atoms with Crippen LogP contribution in [0.2, 0.25) is 0 Å². The fraction of sp³-hybridized carbons (Fsp3) is 0.143. The third-order valence-electron chi connectivity index (χ3n) is 2.46. The van der Waals surface area contributed by atoms with Gasteiger partial charge in [-0.25, -0.2) is 4.39 Å². The molecule has 2 aromatic carbocycles. The highest BCUT2D eigenvalue weighted by molar-refractivity contribution is 6.17. The molecular formula is C14H12ClFO. The SMILES string of the molecule is Cc1ccc(Oc2cccc(F)c2CCl)cc1. The number of hydrogen-bond donors (Lipinski definition) is 0. The zero-order valence-corrected chi connectivity index (χ0v) is 10.2. The Balaban J connectivity index is 2.29. The Labute approximate surface area is 105 Å². The van der Waals surface area contributed by atoms with Gasteiger partial charge in [-0.05, 0) is 31.2 Å². The first-order chi connectivity index (χ1) is 8.20. The predicted octanol–water partition coefficient (Wildman–Crippen LogP) is 4.67. The summed E-state index contributed by atoms with van der Waals surface area (Å²) in [4.78, 5) is 0. The Kier molecular flexibility index (Phi) is 3.64. The van der Waals surface area contributed by atoms with Gasteiger partial charge in [-0.2, -0.15) is 0 Å². The molecule has 0 aliphatic carbocycles. The van der Waals surface area contributed by atoms with Gasteiger partial charge in [0.25, 0.3) is 0 Å². The lowest BCUT2D eigenvalue weighted by molar-refractivity contribution is 0.470. The number of aryl methyl sites for hydroxylation is 1. The lowest BCUT2D eigenvalue weighted by Crippen LogP contribution is -1.93. The summed E-state index contributed by atoms with van der Waals surface area (Å²) in [6.07, 6.45) is 0. The fourth-order valence-electron chi connectivity index (χ4n) is 1.50. The maximum Gasteiger partial charge on any atom is 0.134 e. The minimum Gasteiger partial charge on any atom is -0.457 e. The molecule has 0 radical (unpaired) electrons. The van der Waals surface area contributed by atoms with Gasteiger partial charge >= 0.3 is 0 Å². The van der Waals surface area contributed by atoms with E-state index in [1.54, 1.807) is 12.1 Å². The molecule has 0 aromatic heterocycles. The van der Waals surface area contributed by atoms with Crippen LogP contribution in [-0.2, 0) is 5.88 Å². The van der Waals surface area contributed by atoms with Crippen LogP contribution in [-0.4, -0.2) is 0 Å². The number of halogens is 2. The van der Waals surface area contributed by atoms with Crippen molar-refractivity contribution in [2.24, 2.45) is 0 Å². The second-order valence-electron chi connectivity index (χ2n) is 3.77. The summed E-state index contributed by atoms with van der Waals surface area (Å²) in [7, 11) is 0. The molecule has 0 atom stereocenters. The molecule has 0 unspecified atom stereocenters. The lowest BCUT2D eigenvalue weighted by Gasteiger charge is -2.10. The molecular weight excluding hydrogens is 239 g/mol. The minimum atomic E-state index is -0.343. The van der Waals surface area contributed by atoms with E-state index >= 15 is 0 Å². The van der Waals surface area contributed by atoms with Crippen molar-refractivity contribution in [3.63, 3.8) is 0 Å². The molecule has 0 saturated carbocycles. The van der Waals surface area contributed by atoms with E-state index in [1.165, 1.54) is 6.07 Å². The van der Waals surface area contributed by atoms with Crippen LogP contribution in [0, 0.1) is 12.7 Å². The highest BCUT2D eigenvalue weighted by Crippen LogP contribution is 2.28. The van der Waals surface area contributed by atoms with Gasteiger partial charge in [0.15, 0.2) is 0 Å². The van der Waals surface area contributed by atoms with Gasteiger partial charge in [-0.3, -0.25) is 0 Å². The summed E-state index contributed by atoms with van der Waals surface area (Å²) >= 11 is 5.71. The first-order valence-electron chi connectivity index (χ1n) is 5.28. The average molecular weight is 251 g/mol. The molecule has 3 heteroatoms. The van der Waals surface area contributed by atoms with Gasteiger partial charge < -0.3 is 4.74 Å². The van der Waals surface area contributed by atoms with Crippen LogP contribution in [0.1, 0.15) is 11.1 Å². The minimum absolute atomic E-state index is 0.0911. The number of rotatable bonds is 3. The first kappa shape index (κ1) is 11.9. The van der Waals surface area contributed by atoms with Crippen LogP contribution in [0.5, 0.6) is 11.5 Å². The van der Waals surface area contributed by atoms with Crippen molar-refractivity contribution in [1.82, 2.24) is 0 Å². The predicted molar refractivity (Wildman–Crippen MR) is 67.2 cm³/mol. The van der Waals surface area contributed by atoms with Gasteiger partial charge in [0.1, 0.15) is 17.3 Å². The Bertz CT molecular complexity index is 508. The van der Waals surface area contributed by atoms with Crippen molar-refractivity contribution >= 4 is 11.6 Å². The summed E-state index contributed by atoms with van der Waals surface area (Å²) < 4.78 is 19.1. The van der Waals surface area contributed by atoms with Crippen molar-refractivity contribution < 1.29 is 9.13 Å². The van der Waals surface area contributed by atoms with Crippen molar-refractivity contribution in [2.45, 2.75) is 12.8 Å². The van der Waals surface area contributed by atoms with Crippen molar-refractivity contribution in [3.05, 3.63) is 59.4 Å². The van der Waals surface area contributed by atoms with E-state index in [2.05, 4.69) is 0 Å². The molecule has 0 saturated heterocycles. The van der Waals surface area contributed by atoms with Crippen LogP contribution < -0.4 is 4.74 Å². The maximum absolute atomic E-state index is 13.5. The highest BCUT2D eigenvalue weighted by Gasteiger charge is 2.08. The van der Waals surface area contributed by atoms with Gasteiger partial charge in [0.05, 0.1) is 5.88 Å². The van der Waals surface area contributed by atoms with Crippen LogP contribution >= 0.6 is 11.6 Å². The quantitative estimate of drug-likeness (QED) is 0.720. The van der Waals surface area contributed by atoms with Gasteiger partial charge in [-0.15, -0.1) is 11.6 Å². The molecule has 0 N–H and O–H groups in total. The third kappa shape index (κ3) is 2.77. The average Bonchev–Trinajstić information content (AvgIpc) is 2.32. The van der Waals surface area contributed by atoms with E-state index in [0.717, 1.165) is 5.56 Å². The zero-order chi connectivity index (χ0) is 12.3. The molecule has 1 nitrogen and oxygen atoms in total.